The minimum absolute atomic E-state index is 0.600. The third kappa shape index (κ3) is 3.08. The zero-order valence-electron chi connectivity index (χ0n) is 11.2. The van der Waals surface area contributed by atoms with Gasteiger partial charge in [-0.1, -0.05) is 36.8 Å². The summed E-state index contributed by atoms with van der Waals surface area (Å²) < 4.78 is 0. The van der Waals surface area contributed by atoms with E-state index in [-0.39, 0.29) is 0 Å². The van der Waals surface area contributed by atoms with Gasteiger partial charge in [0.05, 0.1) is 13.1 Å². The fourth-order valence-corrected chi connectivity index (χ4v) is 2.89. The van der Waals surface area contributed by atoms with Crippen LogP contribution in [-0.4, -0.2) is 19.6 Å². The maximum Gasteiger partial charge on any atom is 0.162 e. The van der Waals surface area contributed by atoms with Crippen LogP contribution in [0.4, 0.5) is 0 Å². The van der Waals surface area contributed by atoms with Crippen LogP contribution in [0.15, 0.2) is 24.3 Å². The first kappa shape index (κ1) is 12.6. The third-order valence-electron chi connectivity index (χ3n) is 4.18. The molecule has 0 spiro atoms. The molecule has 0 bridgehead atoms. The Morgan fingerprint density at radius 3 is 2.35 bits per heavy atom. The molecule has 1 aliphatic heterocycles. The summed E-state index contributed by atoms with van der Waals surface area (Å²) in [5.74, 6) is 0.919. The van der Waals surface area contributed by atoms with E-state index < -0.39 is 0 Å². The molecule has 2 rings (SSSR count). The van der Waals surface area contributed by atoms with E-state index >= 15 is 0 Å². The molecule has 17 heavy (non-hydrogen) atoms. The summed E-state index contributed by atoms with van der Waals surface area (Å²) in [4.78, 5) is 1.74. The van der Waals surface area contributed by atoms with Crippen molar-refractivity contribution in [2.45, 2.75) is 32.7 Å². The van der Waals surface area contributed by atoms with Gasteiger partial charge < -0.3 is 10.6 Å². The Morgan fingerprint density at radius 1 is 1.24 bits per heavy atom. The Bertz CT molecular complexity index is 336. The van der Waals surface area contributed by atoms with Crippen LogP contribution in [-0.2, 0) is 0 Å². The molecule has 1 fully saturated rings. The average Bonchev–Trinajstić information content (AvgIpc) is 2.35. The normalized spacial score (nSPS) is 26.8. The van der Waals surface area contributed by atoms with Crippen molar-refractivity contribution in [1.82, 2.24) is 0 Å². The van der Waals surface area contributed by atoms with Crippen LogP contribution >= 0.6 is 0 Å². The molecule has 0 amide bonds. The summed E-state index contributed by atoms with van der Waals surface area (Å²) >= 11 is 0. The summed E-state index contributed by atoms with van der Waals surface area (Å²) in [5, 5.41) is 0. The van der Waals surface area contributed by atoms with Crippen molar-refractivity contribution >= 4 is 0 Å². The lowest BCUT2D eigenvalue weighted by Gasteiger charge is -2.32. The van der Waals surface area contributed by atoms with Crippen molar-refractivity contribution in [3.05, 3.63) is 35.4 Å². The molecule has 2 heteroatoms. The van der Waals surface area contributed by atoms with E-state index in [1.54, 1.807) is 4.90 Å². The third-order valence-corrected chi connectivity index (χ3v) is 4.18. The van der Waals surface area contributed by atoms with Gasteiger partial charge in [0.25, 0.3) is 0 Å². The topological polar surface area (TPSA) is 32.1 Å². The van der Waals surface area contributed by atoms with E-state index in [0.717, 1.165) is 12.5 Å². The number of likely N-dealkylation sites (tertiary alicyclic amines) is 1. The van der Waals surface area contributed by atoms with Crippen LogP contribution in [0, 0.1) is 12.8 Å². The molecule has 2 nitrogen and oxygen atoms in total. The lowest BCUT2D eigenvalue weighted by molar-refractivity contribution is -0.943. The maximum atomic E-state index is 4.16. The Morgan fingerprint density at radius 2 is 1.82 bits per heavy atom. The van der Waals surface area contributed by atoms with Crippen LogP contribution < -0.4 is 10.6 Å². The Balaban J connectivity index is 2.08. The predicted molar refractivity (Wildman–Crippen MR) is 70.8 cm³/mol. The molecule has 0 aliphatic carbocycles. The van der Waals surface area contributed by atoms with E-state index in [9.17, 15) is 0 Å². The van der Waals surface area contributed by atoms with Crippen molar-refractivity contribution in [3.63, 3.8) is 0 Å². The summed E-state index contributed by atoms with van der Waals surface area (Å²) in [7, 11) is 0. The van der Waals surface area contributed by atoms with E-state index in [1.807, 2.05) is 0 Å². The first-order valence-electron chi connectivity index (χ1n) is 6.91. The molecule has 0 unspecified atom stereocenters. The molecule has 0 aromatic heterocycles. The van der Waals surface area contributed by atoms with E-state index in [2.05, 4.69) is 43.8 Å². The van der Waals surface area contributed by atoms with Crippen molar-refractivity contribution in [1.29, 1.82) is 0 Å². The fraction of sp³-hybridized carbons (Fsp3) is 0.600. The maximum absolute atomic E-state index is 4.16. The van der Waals surface area contributed by atoms with Gasteiger partial charge in [-0.25, -0.2) is 0 Å². The zero-order valence-corrected chi connectivity index (χ0v) is 11.2. The predicted octanol–water partition coefficient (Wildman–Crippen LogP) is 0.593. The van der Waals surface area contributed by atoms with Gasteiger partial charge in [0.1, 0.15) is 6.54 Å². The van der Waals surface area contributed by atoms with Crippen molar-refractivity contribution < 1.29 is 10.6 Å². The Kier molecular flexibility index (Phi) is 4.19. The summed E-state index contributed by atoms with van der Waals surface area (Å²) in [5.41, 5.74) is 6.97. The highest BCUT2D eigenvalue weighted by molar-refractivity contribution is 5.23. The van der Waals surface area contributed by atoms with Crippen LogP contribution in [0.1, 0.15) is 36.9 Å². The first-order valence-corrected chi connectivity index (χ1v) is 6.91. The second-order valence-corrected chi connectivity index (χ2v) is 5.59. The molecule has 1 saturated heterocycles. The molecule has 1 heterocycles. The quantitative estimate of drug-likeness (QED) is 0.767. The number of hydrogen-bond acceptors (Lipinski definition) is 0. The molecule has 0 saturated carbocycles. The molecule has 94 valence electrons. The minimum Gasteiger partial charge on any atom is -0.352 e. The number of piperidine rings is 1. The van der Waals surface area contributed by atoms with Crippen LogP contribution in [0.3, 0.4) is 0 Å². The Labute approximate surface area is 105 Å². The fourth-order valence-electron chi connectivity index (χ4n) is 2.89. The molecule has 1 aliphatic rings. The molecular formula is C15H26N2+2. The second kappa shape index (κ2) is 5.65. The monoisotopic (exact) mass is 234 g/mol. The molecule has 0 radical (unpaired) electrons. The number of quaternary nitrogens is 2. The van der Waals surface area contributed by atoms with Gasteiger partial charge in [-0.3, -0.25) is 0 Å². The van der Waals surface area contributed by atoms with Crippen LogP contribution in [0.25, 0.3) is 0 Å². The lowest BCUT2D eigenvalue weighted by atomic mass is 9.95. The Hall–Kier alpha value is -0.860. The lowest BCUT2D eigenvalue weighted by Crippen LogP contribution is -3.14. The SMILES string of the molecule is Cc1ccc([C@H](C[NH3+])[NH+]2CCC(C)CC2)cc1. The highest BCUT2D eigenvalue weighted by Gasteiger charge is 2.28. The van der Waals surface area contributed by atoms with Gasteiger partial charge >= 0.3 is 0 Å². The molecular weight excluding hydrogens is 208 g/mol. The summed E-state index contributed by atoms with van der Waals surface area (Å²) in [6.45, 7) is 8.16. The van der Waals surface area contributed by atoms with Gasteiger partial charge in [-0.15, -0.1) is 0 Å². The largest absolute Gasteiger partial charge is 0.352 e. The van der Waals surface area contributed by atoms with Crippen LogP contribution in [0.5, 0.6) is 0 Å². The van der Waals surface area contributed by atoms with Gasteiger partial charge in [0.15, 0.2) is 6.04 Å². The first-order chi connectivity index (χ1) is 8.20. The molecule has 4 N–H and O–H groups in total. The van der Waals surface area contributed by atoms with Gasteiger partial charge in [-0.2, -0.15) is 0 Å². The van der Waals surface area contributed by atoms with Crippen molar-refractivity contribution in [2.24, 2.45) is 5.92 Å². The average molecular weight is 234 g/mol. The highest BCUT2D eigenvalue weighted by Crippen LogP contribution is 2.13. The molecule has 1 aromatic carbocycles. The van der Waals surface area contributed by atoms with Crippen molar-refractivity contribution in [3.8, 4) is 0 Å². The molecule has 1 aromatic rings. The van der Waals surface area contributed by atoms with Crippen LogP contribution in [0.2, 0.25) is 0 Å². The van der Waals surface area contributed by atoms with Gasteiger partial charge in [0, 0.05) is 5.56 Å². The summed E-state index contributed by atoms with van der Waals surface area (Å²) in [6, 6.07) is 9.63. The number of aryl methyl sites for hydroxylation is 1. The second-order valence-electron chi connectivity index (χ2n) is 5.59. The van der Waals surface area contributed by atoms with E-state index in [1.165, 1.54) is 37.1 Å². The summed E-state index contributed by atoms with van der Waals surface area (Å²) in [6.07, 6.45) is 2.75. The van der Waals surface area contributed by atoms with Gasteiger partial charge in [-0.05, 0) is 25.7 Å². The minimum atomic E-state index is 0.600. The van der Waals surface area contributed by atoms with E-state index in [4.69, 9.17) is 0 Å². The van der Waals surface area contributed by atoms with Gasteiger partial charge in [0.2, 0.25) is 0 Å². The molecule has 1 atom stereocenters. The zero-order chi connectivity index (χ0) is 12.3. The number of nitrogens with one attached hydrogen (secondary N) is 1. The standard InChI is InChI=1S/C15H24N2/c1-12-3-5-14(6-4-12)15(11-16)17-9-7-13(2)8-10-17/h3-6,13,15H,7-11,16H2,1-2H3/p+2/t15-/m0/s1. The number of hydrogen-bond donors (Lipinski definition) is 2. The highest BCUT2D eigenvalue weighted by atomic mass is 15.2. The smallest absolute Gasteiger partial charge is 0.162 e. The number of benzene rings is 1. The van der Waals surface area contributed by atoms with Crippen molar-refractivity contribution in [2.75, 3.05) is 19.6 Å². The van der Waals surface area contributed by atoms with E-state index in [0.29, 0.717) is 6.04 Å². The number of rotatable bonds is 3.